The van der Waals surface area contributed by atoms with E-state index in [0.29, 0.717) is 21.6 Å². The molecule has 0 spiro atoms. The number of amidine groups is 1. The Kier molecular flexibility index (Phi) is 5.95. The molecule has 0 saturated heterocycles. The maximum absolute atomic E-state index is 8.87. The van der Waals surface area contributed by atoms with Crippen molar-refractivity contribution in [1.82, 2.24) is 0 Å². The van der Waals surface area contributed by atoms with Gasteiger partial charge in [-0.2, -0.15) is 10.3 Å². The fraction of sp³-hybridized carbons (Fsp3) is 0.0625. The van der Waals surface area contributed by atoms with Crippen LogP contribution < -0.4 is 11.1 Å². The lowest BCUT2D eigenvalue weighted by Crippen LogP contribution is -2.14. The lowest BCUT2D eigenvalue weighted by Gasteiger charge is -2.05. The van der Waals surface area contributed by atoms with E-state index in [-0.39, 0.29) is 0 Å². The minimum absolute atomic E-state index is 0.321. The third-order valence-corrected chi connectivity index (χ3v) is 3.74. The van der Waals surface area contributed by atoms with Gasteiger partial charge in [0.25, 0.3) is 0 Å². The van der Waals surface area contributed by atoms with Gasteiger partial charge in [0.15, 0.2) is 10.3 Å². The minimum atomic E-state index is 0.321. The predicted molar refractivity (Wildman–Crippen MR) is 96.7 cm³/mol. The van der Waals surface area contributed by atoms with Crippen molar-refractivity contribution in [3.63, 3.8) is 0 Å². The molecule has 0 atom stereocenters. The van der Waals surface area contributed by atoms with Crippen LogP contribution >= 0.6 is 24.0 Å². The molecule has 110 valence electrons. The van der Waals surface area contributed by atoms with Crippen molar-refractivity contribution in [1.29, 1.82) is 5.26 Å². The number of hydrogen-bond donors (Lipinski definition) is 2. The number of aliphatic imine (C=N–C) groups is 1. The zero-order valence-electron chi connectivity index (χ0n) is 11.7. The highest BCUT2D eigenvalue weighted by atomic mass is 32.2. The van der Waals surface area contributed by atoms with Gasteiger partial charge in [-0.15, -0.1) is 0 Å². The Morgan fingerprint density at radius 2 is 2.00 bits per heavy atom. The first-order valence-electron chi connectivity index (χ1n) is 6.49. The van der Waals surface area contributed by atoms with Crippen LogP contribution in [-0.2, 0) is 5.75 Å². The highest BCUT2D eigenvalue weighted by Gasteiger charge is 2.01. The molecule has 0 bridgehead atoms. The average molecular weight is 326 g/mol. The lowest BCUT2D eigenvalue weighted by molar-refractivity contribution is 1.39. The number of anilines is 1. The number of thioether (sulfide) groups is 1. The van der Waals surface area contributed by atoms with Crippen molar-refractivity contribution in [2.45, 2.75) is 5.75 Å². The van der Waals surface area contributed by atoms with Gasteiger partial charge in [0.1, 0.15) is 0 Å². The van der Waals surface area contributed by atoms with Gasteiger partial charge in [-0.3, -0.25) is 0 Å². The summed E-state index contributed by atoms with van der Waals surface area (Å²) in [5, 5.41) is 12.6. The van der Waals surface area contributed by atoms with Crippen molar-refractivity contribution in [2.75, 3.05) is 5.32 Å². The molecule has 4 nitrogen and oxygen atoms in total. The Morgan fingerprint density at radius 1 is 1.23 bits per heavy atom. The largest absolute Gasteiger partial charge is 0.378 e. The molecule has 0 saturated carbocycles. The van der Waals surface area contributed by atoms with Crippen LogP contribution in [0.5, 0.6) is 0 Å². The molecule has 6 heteroatoms. The molecule has 0 aliphatic rings. The summed E-state index contributed by atoms with van der Waals surface area (Å²) in [6.45, 7) is 0. The molecule has 0 heterocycles. The fourth-order valence-corrected chi connectivity index (χ4v) is 2.62. The Hall–Kier alpha value is -2.36. The van der Waals surface area contributed by atoms with Gasteiger partial charge in [-0.25, -0.2) is 0 Å². The summed E-state index contributed by atoms with van der Waals surface area (Å²) in [5.41, 5.74) is 8.39. The predicted octanol–water partition coefficient (Wildman–Crippen LogP) is 3.50. The molecule has 0 radical (unpaired) electrons. The van der Waals surface area contributed by atoms with Crippen LogP contribution in [0.3, 0.4) is 0 Å². The number of rotatable bonds is 3. The number of nitrogens with zero attached hydrogens (tertiary/aromatic N) is 2. The van der Waals surface area contributed by atoms with Gasteiger partial charge in [-0.1, -0.05) is 42.1 Å². The number of nitrogens with two attached hydrogens (primary N) is 1. The van der Waals surface area contributed by atoms with Gasteiger partial charge < -0.3 is 11.1 Å². The van der Waals surface area contributed by atoms with E-state index < -0.39 is 0 Å². The van der Waals surface area contributed by atoms with Crippen LogP contribution in [0.15, 0.2) is 59.6 Å². The summed E-state index contributed by atoms with van der Waals surface area (Å²) in [6.07, 6.45) is 0. The van der Waals surface area contributed by atoms with Gasteiger partial charge >= 0.3 is 0 Å². The molecule has 0 aromatic heterocycles. The van der Waals surface area contributed by atoms with Crippen molar-refractivity contribution >= 4 is 39.9 Å². The smallest absolute Gasteiger partial charge is 0.199 e. The van der Waals surface area contributed by atoms with E-state index >= 15 is 0 Å². The number of nitrogens with one attached hydrogen (secondary N) is 1. The molecule has 0 aliphatic carbocycles. The third kappa shape index (κ3) is 5.20. The number of hydrogen-bond acceptors (Lipinski definition) is 3. The van der Waals surface area contributed by atoms with Gasteiger partial charge in [0.2, 0.25) is 0 Å². The maximum Gasteiger partial charge on any atom is 0.199 e. The molecular weight excluding hydrogens is 312 g/mol. The number of nitriles is 1. The topological polar surface area (TPSA) is 74.2 Å². The Balaban J connectivity index is 1.89. The van der Waals surface area contributed by atoms with Crippen LogP contribution in [0.2, 0.25) is 0 Å². The maximum atomic E-state index is 8.87. The summed E-state index contributed by atoms with van der Waals surface area (Å²) < 4.78 is 0. The van der Waals surface area contributed by atoms with E-state index in [1.165, 1.54) is 11.8 Å². The lowest BCUT2D eigenvalue weighted by atomic mass is 10.2. The second kappa shape index (κ2) is 8.17. The van der Waals surface area contributed by atoms with Crippen LogP contribution in [0, 0.1) is 11.3 Å². The van der Waals surface area contributed by atoms with E-state index in [1.54, 1.807) is 6.07 Å². The second-order valence-electron chi connectivity index (χ2n) is 4.35. The van der Waals surface area contributed by atoms with Gasteiger partial charge in [0.05, 0.1) is 11.6 Å². The zero-order chi connectivity index (χ0) is 15.8. The first-order valence-corrected chi connectivity index (χ1v) is 7.89. The van der Waals surface area contributed by atoms with E-state index in [1.807, 2.05) is 48.5 Å². The molecule has 2 rings (SSSR count). The van der Waals surface area contributed by atoms with E-state index in [4.69, 9.17) is 23.2 Å². The fourth-order valence-electron chi connectivity index (χ4n) is 1.69. The molecule has 3 N–H and O–H groups in total. The minimum Gasteiger partial charge on any atom is -0.378 e. The number of benzene rings is 2. The van der Waals surface area contributed by atoms with Gasteiger partial charge in [0, 0.05) is 11.4 Å². The second-order valence-corrected chi connectivity index (χ2v) is 5.73. The molecule has 0 unspecified atom stereocenters. The molecule has 0 aliphatic heterocycles. The molecule has 0 amide bonds. The number of para-hydroxylation sites is 1. The van der Waals surface area contributed by atoms with Crippen molar-refractivity contribution < 1.29 is 0 Å². The van der Waals surface area contributed by atoms with Crippen LogP contribution in [0.4, 0.5) is 5.69 Å². The van der Waals surface area contributed by atoms with E-state index in [0.717, 1.165) is 11.3 Å². The SMILES string of the molecule is N#Cc1cccc(CS/C(N)=N/C(=S)Nc2ccccc2)c1. The summed E-state index contributed by atoms with van der Waals surface area (Å²) >= 11 is 6.53. The van der Waals surface area contributed by atoms with E-state index in [2.05, 4.69) is 16.4 Å². The monoisotopic (exact) mass is 326 g/mol. The van der Waals surface area contributed by atoms with Crippen LogP contribution in [0.25, 0.3) is 0 Å². The number of thiocarbonyl (C=S) groups is 1. The first-order chi connectivity index (χ1) is 10.7. The average Bonchev–Trinajstić information content (AvgIpc) is 2.54. The summed E-state index contributed by atoms with van der Waals surface area (Å²) in [6, 6.07) is 19.1. The standard InChI is InChI=1S/C16H14N4S2/c17-10-12-5-4-6-13(9-12)11-22-15(18)20-16(21)19-14-7-2-1-3-8-14/h1-9H,11H2,(H3,18,19,20,21). The summed E-state index contributed by atoms with van der Waals surface area (Å²) in [4.78, 5) is 4.14. The highest BCUT2D eigenvalue weighted by Crippen LogP contribution is 2.14. The summed E-state index contributed by atoms with van der Waals surface area (Å²) in [7, 11) is 0. The van der Waals surface area contributed by atoms with Crippen molar-refractivity contribution in [2.24, 2.45) is 10.7 Å². The van der Waals surface area contributed by atoms with E-state index in [9.17, 15) is 0 Å². The van der Waals surface area contributed by atoms with Crippen molar-refractivity contribution in [3.05, 3.63) is 65.7 Å². The highest BCUT2D eigenvalue weighted by molar-refractivity contribution is 8.13. The quantitative estimate of drug-likeness (QED) is 0.513. The molecule has 2 aromatic rings. The normalized spacial score (nSPS) is 10.8. The molecule has 2 aromatic carbocycles. The Labute approximate surface area is 139 Å². The zero-order valence-corrected chi connectivity index (χ0v) is 13.3. The summed E-state index contributed by atoms with van der Waals surface area (Å²) in [5.74, 6) is 0.638. The molecular formula is C16H14N4S2. The Morgan fingerprint density at radius 3 is 2.73 bits per heavy atom. The molecule has 22 heavy (non-hydrogen) atoms. The Bertz CT molecular complexity index is 720. The van der Waals surface area contributed by atoms with Gasteiger partial charge in [-0.05, 0) is 42.0 Å². The first kappa shape index (κ1) is 16.0. The molecule has 0 fully saturated rings. The van der Waals surface area contributed by atoms with Crippen molar-refractivity contribution in [3.8, 4) is 6.07 Å². The van der Waals surface area contributed by atoms with Crippen LogP contribution in [0.1, 0.15) is 11.1 Å². The van der Waals surface area contributed by atoms with Crippen LogP contribution in [-0.4, -0.2) is 10.3 Å². The third-order valence-electron chi connectivity index (χ3n) is 2.68.